The number of nitrogens with zero attached hydrogens (tertiary/aromatic N) is 2. The van der Waals surface area contributed by atoms with E-state index in [4.69, 9.17) is 42.1 Å². The molecular formula is C38H55Cl2FN2O7. The molecule has 0 saturated carbocycles. The van der Waals surface area contributed by atoms with Crippen molar-refractivity contribution in [3.8, 4) is 0 Å². The fourth-order valence-corrected chi connectivity index (χ4v) is 5.70. The van der Waals surface area contributed by atoms with E-state index in [1.54, 1.807) is 23.6 Å². The number of hydrogen-bond acceptors (Lipinski definition) is 7. The number of hydrogen-bond donors (Lipinski definition) is 1. The van der Waals surface area contributed by atoms with Gasteiger partial charge in [0.2, 0.25) is 0 Å². The molecule has 2 heterocycles. The molecule has 280 valence electrons. The summed E-state index contributed by atoms with van der Waals surface area (Å²) in [5.41, 5.74) is -1.67. The van der Waals surface area contributed by atoms with Crippen molar-refractivity contribution in [2.45, 2.75) is 129 Å². The van der Waals surface area contributed by atoms with Crippen LogP contribution >= 0.6 is 23.2 Å². The SMILES string of the molecule is CC(C)(C)OC(=O)N1C[C@H](C(C)(C)F)OC[C@@H]1Cc1ccc(Cl)cc1.CC(C)(C)OC(=O)N1C[C@H](C(C)(C)O)OC[C@@H]1Cc1ccc(Cl)cc1. The number of carbonyl (C=O) groups excluding carboxylic acids is 2. The minimum atomic E-state index is -1.54. The van der Waals surface area contributed by atoms with Crippen molar-refractivity contribution in [3.05, 3.63) is 69.7 Å². The maximum atomic E-state index is 14.3. The molecule has 2 aromatic rings. The van der Waals surface area contributed by atoms with Gasteiger partial charge in [0.1, 0.15) is 29.1 Å². The Bertz CT molecular complexity index is 1290. The Morgan fingerprint density at radius 3 is 1.36 bits per heavy atom. The third kappa shape index (κ3) is 13.5. The highest BCUT2D eigenvalue weighted by molar-refractivity contribution is 6.30. The average molecular weight is 742 g/mol. The zero-order chi connectivity index (χ0) is 37.7. The lowest BCUT2D eigenvalue weighted by Gasteiger charge is -2.43. The Hall–Kier alpha value is -2.63. The second kappa shape index (κ2) is 16.8. The molecule has 4 atom stereocenters. The molecular weight excluding hydrogens is 686 g/mol. The lowest BCUT2D eigenvalue weighted by atomic mass is 9.97. The highest BCUT2D eigenvalue weighted by atomic mass is 35.5. The van der Waals surface area contributed by atoms with Gasteiger partial charge in [-0.2, -0.15) is 0 Å². The third-order valence-electron chi connectivity index (χ3n) is 8.16. The molecule has 2 aliphatic heterocycles. The Labute approximate surface area is 307 Å². The number of amides is 2. The summed E-state index contributed by atoms with van der Waals surface area (Å²) in [5.74, 6) is 0. The van der Waals surface area contributed by atoms with Gasteiger partial charge in [0.15, 0.2) is 0 Å². The smallest absolute Gasteiger partial charge is 0.410 e. The number of aliphatic hydroxyl groups is 1. The van der Waals surface area contributed by atoms with E-state index in [9.17, 15) is 19.1 Å². The van der Waals surface area contributed by atoms with Gasteiger partial charge in [-0.3, -0.25) is 9.80 Å². The molecule has 50 heavy (non-hydrogen) atoms. The Kier molecular flexibility index (Phi) is 14.0. The summed E-state index contributed by atoms with van der Waals surface area (Å²) < 4.78 is 36.9. The van der Waals surface area contributed by atoms with Gasteiger partial charge in [-0.05, 0) is 117 Å². The molecule has 1 N–H and O–H groups in total. The number of halogens is 3. The summed E-state index contributed by atoms with van der Waals surface area (Å²) in [4.78, 5) is 28.6. The molecule has 2 amide bonds. The largest absolute Gasteiger partial charge is 0.444 e. The topological polar surface area (TPSA) is 97.8 Å². The summed E-state index contributed by atoms with van der Waals surface area (Å²) in [6, 6.07) is 14.6. The molecule has 0 bridgehead atoms. The number of carbonyl (C=O) groups is 2. The average Bonchev–Trinajstić information content (AvgIpc) is 2.97. The molecule has 0 radical (unpaired) electrons. The molecule has 2 fully saturated rings. The zero-order valence-corrected chi connectivity index (χ0v) is 32.6. The highest BCUT2D eigenvalue weighted by Crippen LogP contribution is 2.28. The molecule has 2 saturated heterocycles. The lowest BCUT2D eigenvalue weighted by molar-refractivity contribution is -0.141. The third-order valence-corrected chi connectivity index (χ3v) is 8.67. The van der Waals surface area contributed by atoms with Crippen LogP contribution in [0.3, 0.4) is 0 Å². The molecule has 4 rings (SSSR count). The normalized spacial score (nSPS) is 22.0. The first-order valence-corrected chi connectivity index (χ1v) is 17.8. The van der Waals surface area contributed by atoms with Crippen molar-refractivity contribution in [3.63, 3.8) is 0 Å². The standard InChI is InChI=1S/C19H27ClFNO3.C19H28ClNO4/c1-18(2,3)25-17(23)22-11-16(19(4,5)21)24-12-15(22)10-13-6-8-14(20)9-7-13;1-18(2,3)25-17(22)21-11-16(19(4,5)23)24-12-15(21)10-13-6-8-14(20)9-7-13/h6-9,15-16H,10-12H2,1-5H3;6-9,15-16,23H,10-12H2,1-5H3/t2*15-,16+/m00/s1. The van der Waals surface area contributed by atoms with Crippen molar-refractivity contribution in [2.75, 3.05) is 26.3 Å². The minimum Gasteiger partial charge on any atom is -0.444 e. The van der Waals surface area contributed by atoms with Crippen LogP contribution in [0.25, 0.3) is 0 Å². The maximum Gasteiger partial charge on any atom is 0.410 e. The maximum absolute atomic E-state index is 14.3. The van der Waals surface area contributed by atoms with Crippen LogP contribution in [0.1, 0.15) is 80.4 Å². The van der Waals surface area contributed by atoms with Gasteiger partial charge in [0.25, 0.3) is 0 Å². The number of benzene rings is 2. The molecule has 9 nitrogen and oxygen atoms in total. The van der Waals surface area contributed by atoms with Crippen LogP contribution in [-0.2, 0) is 31.8 Å². The molecule has 0 aliphatic carbocycles. The fourth-order valence-electron chi connectivity index (χ4n) is 5.45. The van der Waals surface area contributed by atoms with Gasteiger partial charge >= 0.3 is 12.2 Å². The molecule has 0 aromatic heterocycles. The summed E-state index contributed by atoms with van der Waals surface area (Å²) in [6.07, 6.45) is -0.735. The lowest BCUT2D eigenvalue weighted by Crippen LogP contribution is -2.59. The molecule has 2 aromatic carbocycles. The van der Waals surface area contributed by atoms with Crippen LogP contribution in [0.2, 0.25) is 10.0 Å². The second-order valence-corrected chi connectivity index (χ2v) is 17.0. The summed E-state index contributed by atoms with van der Waals surface area (Å²) in [7, 11) is 0. The Morgan fingerprint density at radius 2 is 1.04 bits per heavy atom. The van der Waals surface area contributed by atoms with Gasteiger partial charge < -0.3 is 24.1 Å². The van der Waals surface area contributed by atoms with E-state index in [2.05, 4.69) is 0 Å². The Balaban J connectivity index is 0.000000270. The molecule has 12 heteroatoms. The number of morpholine rings is 2. The monoisotopic (exact) mass is 740 g/mol. The number of ether oxygens (including phenoxy) is 4. The van der Waals surface area contributed by atoms with Crippen LogP contribution in [0, 0.1) is 0 Å². The zero-order valence-electron chi connectivity index (χ0n) is 31.1. The van der Waals surface area contributed by atoms with Crippen LogP contribution in [0.5, 0.6) is 0 Å². The number of rotatable bonds is 6. The minimum absolute atomic E-state index is 0.158. The van der Waals surface area contributed by atoms with E-state index >= 15 is 0 Å². The van der Waals surface area contributed by atoms with E-state index in [1.807, 2.05) is 90.1 Å². The van der Waals surface area contributed by atoms with E-state index < -0.39 is 40.8 Å². The van der Waals surface area contributed by atoms with E-state index in [1.165, 1.54) is 13.8 Å². The predicted molar refractivity (Wildman–Crippen MR) is 195 cm³/mol. The first kappa shape index (κ1) is 41.8. The fraction of sp³-hybridized carbons (Fsp3) is 0.632. The van der Waals surface area contributed by atoms with Crippen molar-refractivity contribution in [2.24, 2.45) is 0 Å². The first-order valence-electron chi connectivity index (χ1n) is 17.0. The van der Waals surface area contributed by atoms with E-state index in [-0.39, 0.29) is 37.9 Å². The summed E-state index contributed by atoms with van der Waals surface area (Å²) >= 11 is 11.9. The second-order valence-electron chi connectivity index (χ2n) is 16.1. The van der Waals surface area contributed by atoms with Crippen LogP contribution in [0.15, 0.2) is 48.5 Å². The first-order chi connectivity index (χ1) is 22.9. The summed E-state index contributed by atoms with van der Waals surface area (Å²) in [6.45, 7) is 18.3. The van der Waals surface area contributed by atoms with Crippen LogP contribution < -0.4 is 0 Å². The molecule has 0 unspecified atom stereocenters. The summed E-state index contributed by atoms with van der Waals surface area (Å²) in [5, 5.41) is 11.6. The van der Waals surface area contributed by atoms with Crippen LogP contribution in [-0.4, -0.2) is 100 Å². The van der Waals surface area contributed by atoms with Crippen molar-refractivity contribution in [1.82, 2.24) is 9.80 Å². The van der Waals surface area contributed by atoms with Crippen molar-refractivity contribution >= 4 is 35.4 Å². The van der Waals surface area contributed by atoms with Crippen molar-refractivity contribution < 1.29 is 38.0 Å². The number of alkyl halides is 1. The van der Waals surface area contributed by atoms with Gasteiger partial charge in [0, 0.05) is 10.0 Å². The van der Waals surface area contributed by atoms with Gasteiger partial charge in [-0.1, -0.05) is 47.5 Å². The molecule has 0 spiro atoms. The van der Waals surface area contributed by atoms with Gasteiger partial charge in [0.05, 0.1) is 44.0 Å². The van der Waals surface area contributed by atoms with Crippen LogP contribution in [0.4, 0.5) is 14.0 Å². The quantitative estimate of drug-likeness (QED) is 0.318. The van der Waals surface area contributed by atoms with E-state index in [0.717, 1.165) is 11.1 Å². The van der Waals surface area contributed by atoms with Crippen molar-refractivity contribution in [1.29, 1.82) is 0 Å². The Morgan fingerprint density at radius 1 is 0.700 bits per heavy atom. The molecule has 2 aliphatic rings. The van der Waals surface area contributed by atoms with Gasteiger partial charge in [-0.25, -0.2) is 14.0 Å². The van der Waals surface area contributed by atoms with E-state index in [0.29, 0.717) is 29.5 Å². The predicted octanol–water partition coefficient (Wildman–Crippen LogP) is 8.29. The van der Waals surface area contributed by atoms with Gasteiger partial charge in [-0.15, -0.1) is 0 Å². The highest BCUT2D eigenvalue weighted by Gasteiger charge is 2.42.